The summed E-state index contributed by atoms with van der Waals surface area (Å²) in [5, 5.41) is 3.18. The van der Waals surface area contributed by atoms with Crippen molar-refractivity contribution in [2.45, 2.75) is 12.3 Å². The van der Waals surface area contributed by atoms with Crippen LogP contribution in [-0.4, -0.2) is 13.6 Å². The Morgan fingerprint density at radius 3 is 3.16 bits per heavy atom. The Kier molecular flexibility index (Phi) is 3.22. The van der Waals surface area contributed by atoms with Crippen molar-refractivity contribution in [1.82, 2.24) is 5.32 Å². The van der Waals surface area contributed by atoms with E-state index in [1.54, 1.807) is 0 Å². The third-order valence-corrected chi connectivity index (χ3v) is 3.46. The van der Waals surface area contributed by atoms with Gasteiger partial charge in [-0.2, -0.15) is 0 Å². The second-order valence-corrected chi connectivity index (χ2v) is 4.80. The van der Waals surface area contributed by atoms with Crippen LogP contribution in [0.25, 0.3) is 0 Å². The molecule has 1 aromatic rings. The molecule has 0 amide bonds. The molecule has 0 fully saturated rings. The number of allylic oxidation sites excluding steroid dienone is 4. The number of nitrogens with one attached hydrogen (secondary N) is 1. The fraction of sp³-hybridized carbons (Fsp3) is 0.250. The number of hydrogen-bond donors (Lipinski definition) is 1. The molecule has 0 bridgehead atoms. The highest BCUT2D eigenvalue weighted by molar-refractivity contribution is 5.48. The van der Waals surface area contributed by atoms with Gasteiger partial charge in [-0.05, 0) is 31.2 Å². The highest BCUT2D eigenvalue weighted by Gasteiger charge is 2.22. The Bertz CT molecular complexity index is 586. The van der Waals surface area contributed by atoms with Gasteiger partial charge in [-0.15, -0.1) is 0 Å². The molecule has 19 heavy (non-hydrogen) atoms. The highest BCUT2D eigenvalue weighted by atomic mass is 19.1. The molecule has 2 aliphatic rings. The monoisotopic (exact) mass is 257 g/mol. The van der Waals surface area contributed by atoms with Crippen LogP contribution in [0.2, 0.25) is 0 Å². The molecular formula is C16H16FNO. The molecule has 1 aliphatic heterocycles. The summed E-state index contributed by atoms with van der Waals surface area (Å²) >= 11 is 0. The van der Waals surface area contributed by atoms with Crippen LogP contribution < -0.4 is 10.1 Å². The first-order valence-corrected chi connectivity index (χ1v) is 6.47. The zero-order valence-corrected chi connectivity index (χ0v) is 10.8. The van der Waals surface area contributed by atoms with Crippen molar-refractivity contribution in [1.29, 1.82) is 0 Å². The molecule has 0 radical (unpaired) electrons. The first kappa shape index (κ1) is 12.2. The molecule has 3 heteroatoms. The van der Waals surface area contributed by atoms with E-state index < -0.39 is 0 Å². The van der Waals surface area contributed by atoms with Crippen molar-refractivity contribution >= 4 is 0 Å². The minimum Gasteiger partial charge on any atom is -0.457 e. The van der Waals surface area contributed by atoms with E-state index in [9.17, 15) is 4.39 Å². The van der Waals surface area contributed by atoms with Gasteiger partial charge in [0.25, 0.3) is 0 Å². The van der Waals surface area contributed by atoms with Crippen LogP contribution in [0.4, 0.5) is 4.39 Å². The molecule has 1 aliphatic carbocycles. The second-order valence-electron chi connectivity index (χ2n) is 4.80. The van der Waals surface area contributed by atoms with Crippen LogP contribution in [-0.2, 0) is 0 Å². The number of ether oxygens (including phenoxy) is 1. The first-order valence-electron chi connectivity index (χ1n) is 6.47. The lowest BCUT2D eigenvalue weighted by molar-refractivity contribution is 0.427. The average Bonchev–Trinajstić information content (AvgIpc) is 2.55. The number of rotatable bonds is 2. The molecular weight excluding hydrogens is 241 g/mol. The van der Waals surface area contributed by atoms with Gasteiger partial charge in [-0.3, -0.25) is 0 Å². The number of likely N-dealkylation sites (N-methyl/N-ethyl adjacent to an activating group) is 1. The van der Waals surface area contributed by atoms with E-state index >= 15 is 0 Å². The van der Waals surface area contributed by atoms with Crippen LogP contribution >= 0.6 is 0 Å². The Morgan fingerprint density at radius 2 is 2.32 bits per heavy atom. The maximum absolute atomic E-state index is 13.4. The molecule has 1 N–H and O–H groups in total. The van der Waals surface area contributed by atoms with Gasteiger partial charge in [-0.1, -0.05) is 24.3 Å². The number of hydrogen-bond acceptors (Lipinski definition) is 2. The molecule has 0 aromatic heterocycles. The third-order valence-electron chi connectivity index (χ3n) is 3.46. The van der Waals surface area contributed by atoms with Crippen molar-refractivity contribution in [3.8, 4) is 5.75 Å². The molecule has 1 heterocycles. The molecule has 0 saturated heterocycles. The summed E-state index contributed by atoms with van der Waals surface area (Å²) in [7, 11) is 1.92. The van der Waals surface area contributed by atoms with E-state index in [2.05, 4.69) is 17.5 Å². The van der Waals surface area contributed by atoms with E-state index in [-0.39, 0.29) is 11.7 Å². The maximum atomic E-state index is 13.4. The fourth-order valence-corrected chi connectivity index (χ4v) is 2.55. The van der Waals surface area contributed by atoms with E-state index in [1.807, 2.05) is 25.3 Å². The second kappa shape index (κ2) is 5.02. The standard InChI is InChI=1S/C16H16FNO/c1-18-10-12-8-11-4-2-3-5-15(11)19-16-9-13(17)6-7-14(12)16/h2-3,5-9,12,18H,4,10H2,1H3/t12-/m0/s1. The van der Waals surface area contributed by atoms with Crippen molar-refractivity contribution in [3.63, 3.8) is 0 Å². The highest BCUT2D eigenvalue weighted by Crippen LogP contribution is 2.37. The minimum atomic E-state index is -0.266. The van der Waals surface area contributed by atoms with Crippen LogP contribution in [0.3, 0.4) is 0 Å². The lowest BCUT2D eigenvalue weighted by Crippen LogP contribution is -2.15. The average molecular weight is 257 g/mol. The Hall–Kier alpha value is -1.87. The smallest absolute Gasteiger partial charge is 0.134 e. The topological polar surface area (TPSA) is 21.3 Å². The zero-order valence-electron chi connectivity index (χ0n) is 10.8. The Labute approximate surface area is 112 Å². The predicted octanol–water partition coefficient (Wildman–Crippen LogP) is 3.29. The maximum Gasteiger partial charge on any atom is 0.134 e. The largest absolute Gasteiger partial charge is 0.457 e. The predicted molar refractivity (Wildman–Crippen MR) is 73.6 cm³/mol. The lowest BCUT2D eigenvalue weighted by atomic mass is 9.94. The fourth-order valence-electron chi connectivity index (χ4n) is 2.55. The molecule has 0 spiro atoms. The lowest BCUT2D eigenvalue weighted by Gasteiger charge is -2.14. The summed E-state index contributed by atoms with van der Waals surface area (Å²) in [6.45, 7) is 0.808. The first-order chi connectivity index (χ1) is 9.28. The molecule has 98 valence electrons. The summed E-state index contributed by atoms with van der Waals surface area (Å²) in [6.07, 6.45) is 9.10. The molecule has 3 rings (SSSR count). The third kappa shape index (κ3) is 2.34. The Balaban J connectivity index is 2.10. The van der Waals surface area contributed by atoms with Crippen LogP contribution in [0.1, 0.15) is 17.9 Å². The van der Waals surface area contributed by atoms with Gasteiger partial charge in [0.15, 0.2) is 0 Å². The normalized spacial score (nSPS) is 20.6. The number of halogens is 1. The Morgan fingerprint density at radius 1 is 1.42 bits per heavy atom. The molecule has 0 saturated carbocycles. The van der Waals surface area contributed by atoms with E-state index in [4.69, 9.17) is 4.74 Å². The number of fused-ring (bicyclic) bond motifs is 2. The van der Waals surface area contributed by atoms with Crippen molar-refractivity contribution < 1.29 is 9.13 Å². The van der Waals surface area contributed by atoms with Crippen LogP contribution in [0, 0.1) is 5.82 Å². The van der Waals surface area contributed by atoms with Crippen molar-refractivity contribution in [2.75, 3.05) is 13.6 Å². The van der Waals surface area contributed by atoms with E-state index in [0.717, 1.165) is 24.3 Å². The van der Waals surface area contributed by atoms with Gasteiger partial charge in [0, 0.05) is 24.1 Å². The summed E-state index contributed by atoms with van der Waals surface area (Å²) in [6, 6.07) is 4.77. The van der Waals surface area contributed by atoms with Gasteiger partial charge >= 0.3 is 0 Å². The van der Waals surface area contributed by atoms with Crippen LogP contribution in [0.15, 0.2) is 53.8 Å². The van der Waals surface area contributed by atoms with Gasteiger partial charge in [-0.25, -0.2) is 4.39 Å². The van der Waals surface area contributed by atoms with E-state index in [1.165, 1.54) is 17.7 Å². The van der Waals surface area contributed by atoms with Crippen molar-refractivity contribution in [2.24, 2.45) is 0 Å². The summed E-state index contributed by atoms with van der Waals surface area (Å²) in [4.78, 5) is 0. The number of benzene rings is 1. The van der Waals surface area contributed by atoms with Crippen LogP contribution in [0.5, 0.6) is 5.75 Å². The molecule has 2 nitrogen and oxygen atoms in total. The minimum absolute atomic E-state index is 0.202. The quantitative estimate of drug-likeness (QED) is 0.877. The van der Waals surface area contributed by atoms with Gasteiger partial charge in [0.05, 0.1) is 0 Å². The summed E-state index contributed by atoms with van der Waals surface area (Å²) < 4.78 is 19.3. The van der Waals surface area contributed by atoms with E-state index in [0.29, 0.717) is 5.75 Å². The summed E-state index contributed by atoms with van der Waals surface area (Å²) in [5.41, 5.74) is 2.19. The van der Waals surface area contributed by atoms with Crippen molar-refractivity contribution in [3.05, 3.63) is 65.2 Å². The van der Waals surface area contributed by atoms with Gasteiger partial charge in [0.1, 0.15) is 17.3 Å². The molecule has 0 unspecified atom stereocenters. The van der Waals surface area contributed by atoms with Gasteiger partial charge in [0.2, 0.25) is 0 Å². The SMILES string of the molecule is CNC[C@@H]1C=C2CC=CC=C2Oc2cc(F)ccc21. The van der Waals surface area contributed by atoms with Gasteiger partial charge < -0.3 is 10.1 Å². The molecule has 1 aromatic carbocycles. The zero-order chi connectivity index (χ0) is 13.2. The summed E-state index contributed by atoms with van der Waals surface area (Å²) in [5.74, 6) is 1.38. The molecule has 1 atom stereocenters.